The number of aromatic nitrogens is 1. The number of hydrogen-bond donors (Lipinski definition) is 1. The lowest BCUT2D eigenvalue weighted by atomic mass is 9.89. The van der Waals surface area contributed by atoms with Gasteiger partial charge in [-0.05, 0) is 36.4 Å². The van der Waals surface area contributed by atoms with Crippen LogP contribution in [0.3, 0.4) is 0 Å². The van der Waals surface area contributed by atoms with Crippen molar-refractivity contribution in [3.8, 4) is 0 Å². The molecule has 0 saturated carbocycles. The van der Waals surface area contributed by atoms with Gasteiger partial charge in [-0.15, -0.1) is 0 Å². The Balaban J connectivity index is 1.67. The van der Waals surface area contributed by atoms with Crippen molar-refractivity contribution in [2.45, 2.75) is 5.66 Å². The second kappa shape index (κ2) is 5.99. The summed E-state index contributed by atoms with van der Waals surface area (Å²) in [7, 11) is 0. The van der Waals surface area contributed by atoms with Gasteiger partial charge in [0, 0.05) is 29.7 Å². The third kappa shape index (κ3) is 2.32. The fourth-order valence-corrected chi connectivity index (χ4v) is 3.70. The Morgan fingerprint density at radius 3 is 2.30 bits per heavy atom. The minimum atomic E-state index is -0.743. The summed E-state index contributed by atoms with van der Waals surface area (Å²) in [5.41, 5.74) is 5.50. The maximum atomic E-state index is 13.6. The molecule has 1 atom stereocenters. The molecule has 3 aromatic rings. The Labute approximate surface area is 156 Å². The number of allylic oxidation sites excluding steroid dienone is 2. The van der Waals surface area contributed by atoms with Crippen LogP contribution < -0.4 is 5.43 Å². The number of rotatable bonds is 3. The van der Waals surface area contributed by atoms with Crippen LogP contribution in [0.5, 0.6) is 0 Å². The van der Waals surface area contributed by atoms with Crippen LogP contribution in [0.1, 0.15) is 11.1 Å². The highest BCUT2D eigenvalue weighted by atomic mass is 19.1. The van der Waals surface area contributed by atoms with Crippen molar-refractivity contribution in [3.05, 3.63) is 114 Å². The quantitative estimate of drug-likeness (QED) is 0.766. The largest absolute Gasteiger partial charge is 0.321 e. The van der Waals surface area contributed by atoms with Crippen LogP contribution in [0.25, 0.3) is 5.70 Å². The van der Waals surface area contributed by atoms with Crippen molar-refractivity contribution in [1.29, 1.82) is 0 Å². The number of nitrogens with one attached hydrogen (secondary N) is 1. The van der Waals surface area contributed by atoms with Crippen LogP contribution in [-0.2, 0) is 5.66 Å². The van der Waals surface area contributed by atoms with E-state index in [2.05, 4.69) is 27.6 Å². The second-order valence-electron chi connectivity index (χ2n) is 6.48. The maximum absolute atomic E-state index is 13.6. The van der Waals surface area contributed by atoms with Crippen molar-refractivity contribution in [2.24, 2.45) is 5.10 Å². The zero-order valence-electron chi connectivity index (χ0n) is 14.5. The normalized spacial score (nSPS) is 20.7. The summed E-state index contributed by atoms with van der Waals surface area (Å²) in [4.78, 5) is 2.10. The smallest absolute Gasteiger partial charge is 0.183 e. The number of hydrogen-bond acceptors (Lipinski definition) is 3. The molecule has 3 heterocycles. The SMILES string of the molecule is Fc1ccc(C2(c3ccccc3)NN=C3C(n4cccc4)=CC=CN32)cc1. The molecule has 1 N–H and O–H groups in total. The van der Waals surface area contributed by atoms with Crippen molar-refractivity contribution < 1.29 is 4.39 Å². The van der Waals surface area contributed by atoms with E-state index in [0.717, 1.165) is 22.7 Å². The van der Waals surface area contributed by atoms with Crippen LogP contribution in [0, 0.1) is 5.82 Å². The van der Waals surface area contributed by atoms with Crippen molar-refractivity contribution >= 4 is 11.5 Å². The molecule has 0 aliphatic carbocycles. The summed E-state index contributed by atoms with van der Waals surface area (Å²) in [6.07, 6.45) is 10.0. The van der Waals surface area contributed by atoms with E-state index in [0.29, 0.717) is 0 Å². The first-order chi connectivity index (χ1) is 13.3. The van der Waals surface area contributed by atoms with Gasteiger partial charge in [0.25, 0.3) is 0 Å². The summed E-state index contributed by atoms with van der Waals surface area (Å²) in [5, 5.41) is 4.68. The zero-order chi connectivity index (χ0) is 18.3. The van der Waals surface area contributed by atoms with Gasteiger partial charge >= 0.3 is 0 Å². The summed E-state index contributed by atoms with van der Waals surface area (Å²) in [6.45, 7) is 0. The highest BCUT2D eigenvalue weighted by Gasteiger charge is 2.47. The molecule has 27 heavy (non-hydrogen) atoms. The molecule has 2 aliphatic rings. The molecule has 0 bridgehead atoms. The molecule has 0 spiro atoms. The first kappa shape index (κ1) is 15.6. The molecule has 5 heteroatoms. The van der Waals surface area contributed by atoms with Gasteiger partial charge in [-0.1, -0.05) is 42.5 Å². The molecule has 0 fully saturated rings. The Kier molecular flexibility index (Phi) is 3.47. The van der Waals surface area contributed by atoms with Crippen LogP contribution in [0.2, 0.25) is 0 Å². The average molecular weight is 356 g/mol. The molecule has 132 valence electrons. The zero-order valence-corrected chi connectivity index (χ0v) is 14.5. The first-order valence-electron chi connectivity index (χ1n) is 8.77. The van der Waals surface area contributed by atoms with E-state index in [9.17, 15) is 4.39 Å². The van der Waals surface area contributed by atoms with Crippen molar-refractivity contribution in [2.75, 3.05) is 0 Å². The van der Waals surface area contributed by atoms with Crippen LogP contribution >= 0.6 is 0 Å². The van der Waals surface area contributed by atoms with Gasteiger partial charge in [0.15, 0.2) is 11.5 Å². The number of halogens is 1. The maximum Gasteiger partial charge on any atom is 0.183 e. The van der Waals surface area contributed by atoms with E-state index in [-0.39, 0.29) is 5.82 Å². The van der Waals surface area contributed by atoms with Crippen molar-refractivity contribution in [3.63, 3.8) is 0 Å². The molecule has 2 aliphatic heterocycles. The van der Waals surface area contributed by atoms with E-state index in [1.807, 2.05) is 65.6 Å². The van der Waals surface area contributed by atoms with Gasteiger partial charge in [-0.3, -0.25) is 10.3 Å². The van der Waals surface area contributed by atoms with Crippen molar-refractivity contribution in [1.82, 2.24) is 14.9 Å². The lowest BCUT2D eigenvalue weighted by molar-refractivity contribution is 0.265. The molecule has 2 aromatic carbocycles. The molecule has 4 nitrogen and oxygen atoms in total. The number of amidine groups is 1. The van der Waals surface area contributed by atoms with E-state index in [1.54, 1.807) is 12.1 Å². The van der Waals surface area contributed by atoms with E-state index < -0.39 is 5.66 Å². The molecule has 0 amide bonds. The Bertz CT molecular complexity index is 1050. The molecule has 0 radical (unpaired) electrons. The molecular formula is C22H17FN4. The number of fused-ring (bicyclic) bond motifs is 1. The van der Waals surface area contributed by atoms with E-state index in [4.69, 9.17) is 0 Å². The predicted molar refractivity (Wildman–Crippen MR) is 104 cm³/mol. The van der Waals surface area contributed by atoms with E-state index in [1.165, 1.54) is 12.1 Å². The standard InChI is InChI=1S/C22H17FN4/c23-19-12-10-18(11-13-19)22(17-7-2-1-3-8-17)25-24-21-20(9-6-16-27(21)22)26-14-4-5-15-26/h1-16,25H. The summed E-state index contributed by atoms with van der Waals surface area (Å²) in [5.74, 6) is 0.546. The topological polar surface area (TPSA) is 32.6 Å². The number of hydrazone groups is 1. The fourth-order valence-electron chi connectivity index (χ4n) is 3.70. The monoisotopic (exact) mass is 356 g/mol. The molecule has 1 aromatic heterocycles. The van der Waals surface area contributed by atoms with Crippen LogP contribution in [0.4, 0.5) is 4.39 Å². The van der Waals surface area contributed by atoms with Gasteiger partial charge in [0.2, 0.25) is 0 Å². The minimum Gasteiger partial charge on any atom is -0.321 e. The predicted octanol–water partition coefficient (Wildman–Crippen LogP) is 4.12. The molecular weight excluding hydrogens is 339 g/mol. The van der Waals surface area contributed by atoms with Gasteiger partial charge in [-0.2, -0.15) is 5.10 Å². The second-order valence-corrected chi connectivity index (χ2v) is 6.48. The molecule has 5 rings (SSSR count). The van der Waals surface area contributed by atoms with Crippen LogP contribution in [0.15, 0.2) is 103 Å². The van der Waals surface area contributed by atoms with Gasteiger partial charge in [-0.25, -0.2) is 4.39 Å². The van der Waals surface area contributed by atoms with Gasteiger partial charge < -0.3 is 4.57 Å². The van der Waals surface area contributed by atoms with E-state index >= 15 is 0 Å². The highest BCUT2D eigenvalue weighted by molar-refractivity contribution is 6.19. The third-order valence-corrected chi connectivity index (χ3v) is 4.97. The highest BCUT2D eigenvalue weighted by Crippen LogP contribution is 2.40. The third-order valence-electron chi connectivity index (χ3n) is 4.97. The van der Waals surface area contributed by atoms with Gasteiger partial charge in [0.05, 0.1) is 5.70 Å². The minimum absolute atomic E-state index is 0.261. The number of benzene rings is 2. The molecule has 0 saturated heterocycles. The van der Waals surface area contributed by atoms with Crippen LogP contribution in [-0.4, -0.2) is 15.3 Å². The Morgan fingerprint density at radius 2 is 1.56 bits per heavy atom. The summed E-state index contributed by atoms with van der Waals surface area (Å²) < 4.78 is 15.6. The Hall–Kier alpha value is -3.60. The van der Waals surface area contributed by atoms with Gasteiger partial charge in [0.1, 0.15) is 5.82 Å². The summed E-state index contributed by atoms with van der Waals surface area (Å²) >= 11 is 0. The lowest BCUT2D eigenvalue weighted by Crippen LogP contribution is -2.50. The average Bonchev–Trinajstić information content (AvgIpc) is 3.38. The Morgan fingerprint density at radius 1 is 0.852 bits per heavy atom. The lowest BCUT2D eigenvalue weighted by Gasteiger charge is -2.39. The first-order valence-corrected chi connectivity index (χ1v) is 8.77. The fraction of sp³-hybridized carbons (Fsp3) is 0.0455. The number of nitrogens with zero attached hydrogens (tertiary/aromatic N) is 3. The molecule has 1 unspecified atom stereocenters. The summed E-state index contributed by atoms with van der Waals surface area (Å²) in [6, 6.07) is 20.6.